The molecule has 5 heteroatoms. The van der Waals surface area contributed by atoms with Crippen LogP contribution in [0.3, 0.4) is 0 Å². The zero-order chi connectivity index (χ0) is 12.6. The van der Waals surface area contributed by atoms with Crippen molar-refractivity contribution in [3.05, 3.63) is 53.6 Å². The van der Waals surface area contributed by atoms with E-state index < -0.39 is 0 Å². The normalized spacial score (nSPS) is 12.8. The zero-order valence-corrected chi connectivity index (χ0v) is 13.8. The molecule has 0 aliphatic rings. The highest BCUT2D eigenvalue weighted by atomic mass is 79.9. The Kier molecular flexibility index (Phi) is 4.31. The summed E-state index contributed by atoms with van der Waals surface area (Å²) in [5, 5.41) is 0. The Morgan fingerprint density at radius 1 is 1.29 bits per heavy atom. The lowest BCUT2D eigenvalue weighted by atomic mass is 10.1. The van der Waals surface area contributed by atoms with Gasteiger partial charge in [-0.15, -0.1) is 11.3 Å². The largest absolute Gasteiger partial charge is 0.320 e. The third kappa shape index (κ3) is 2.93. The molecule has 0 aliphatic carbocycles. The number of hydrogen-bond acceptors (Lipinski definition) is 2. The first-order valence-corrected chi connectivity index (χ1v) is 7.73. The van der Waals surface area contributed by atoms with Crippen LogP contribution in [-0.2, 0) is 0 Å². The summed E-state index contributed by atoms with van der Waals surface area (Å²) in [6.07, 6.45) is 0. The van der Waals surface area contributed by atoms with Crippen molar-refractivity contribution in [2.45, 2.75) is 13.0 Å². The van der Waals surface area contributed by atoms with Crippen LogP contribution in [0.1, 0.15) is 22.0 Å². The Morgan fingerprint density at radius 2 is 2.00 bits per heavy atom. The minimum atomic E-state index is -0.145. The number of hydrogen-bond donors (Lipinski definition) is 1. The van der Waals surface area contributed by atoms with Crippen LogP contribution < -0.4 is 5.73 Å². The quantitative estimate of drug-likeness (QED) is 0.735. The van der Waals surface area contributed by atoms with Gasteiger partial charge in [-0.1, -0.05) is 49.5 Å². The summed E-state index contributed by atoms with van der Waals surface area (Å²) >= 11 is 14.6. The number of rotatable bonds is 2. The molecule has 0 fully saturated rings. The summed E-state index contributed by atoms with van der Waals surface area (Å²) < 4.78 is 2.84. The van der Waals surface area contributed by atoms with E-state index in [-0.39, 0.29) is 6.04 Å². The van der Waals surface area contributed by atoms with Gasteiger partial charge in [0, 0.05) is 13.8 Å². The van der Waals surface area contributed by atoms with Gasteiger partial charge in [-0.2, -0.15) is 0 Å². The first-order chi connectivity index (χ1) is 7.99. The van der Waals surface area contributed by atoms with Gasteiger partial charge in [-0.05, 0) is 36.2 Å². The molecular weight excluding hydrogens is 385 g/mol. The topological polar surface area (TPSA) is 26.0 Å². The van der Waals surface area contributed by atoms with Crippen molar-refractivity contribution in [1.29, 1.82) is 0 Å². The Morgan fingerprint density at radius 3 is 2.53 bits per heavy atom. The van der Waals surface area contributed by atoms with Crippen LogP contribution in [0.5, 0.6) is 0 Å². The fourth-order valence-corrected chi connectivity index (χ4v) is 4.08. The molecule has 1 aromatic heterocycles. The maximum absolute atomic E-state index is 6.26. The molecule has 90 valence electrons. The number of thiophene rings is 1. The minimum Gasteiger partial charge on any atom is -0.320 e. The van der Waals surface area contributed by atoms with Crippen LogP contribution in [0.4, 0.5) is 0 Å². The van der Waals surface area contributed by atoms with Gasteiger partial charge in [0.1, 0.15) is 0 Å². The van der Waals surface area contributed by atoms with Gasteiger partial charge in [-0.25, -0.2) is 0 Å². The second-order valence-electron chi connectivity index (χ2n) is 3.75. The molecule has 0 aliphatic heterocycles. The van der Waals surface area contributed by atoms with Crippen LogP contribution in [0.2, 0.25) is 4.34 Å². The van der Waals surface area contributed by atoms with Gasteiger partial charge in [0.15, 0.2) is 0 Å². The van der Waals surface area contributed by atoms with E-state index in [0.29, 0.717) is 0 Å². The Labute approximate surface area is 126 Å². The first kappa shape index (κ1) is 13.6. The van der Waals surface area contributed by atoms with Gasteiger partial charge in [0.05, 0.1) is 10.4 Å². The van der Waals surface area contributed by atoms with E-state index in [2.05, 4.69) is 31.9 Å². The van der Waals surface area contributed by atoms with Crippen molar-refractivity contribution in [2.75, 3.05) is 0 Å². The monoisotopic (exact) mass is 393 g/mol. The third-order valence-corrected chi connectivity index (χ3v) is 5.30. The molecule has 1 unspecified atom stereocenters. The second kappa shape index (κ2) is 5.41. The van der Waals surface area contributed by atoms with Gasteiger partial charge in [0.25, 0.3) is 0 Å². The van der Waals surface area contributed by atoms with E-state index in [0.717, 1.165) is 29.3 Å². The minimum absolute atomic E-state index is 0.145. The van der Waals surface area contributed by atoms with Crippen molar-refractivity contribution in [3.63, 3.8) is 0 Å². The molecule has 0 bridgehead atoms. The van der Waals surface area contributed by atoms with Crippen molar-refractivity contribution in [2.24, 2.45) is 5.73 Å². The first-order valence-electron chi connectivity index (χ1n) is 4.95. The smallest absolute Gasteiger partial charge is 0.0961 e. The molecule has 0 saturated heterocycles. The van der Waals surface area contributed by atoms with Crippen molar-refractivity contribution < 1.29 is 0 Å². The van der Waals surface area contributed by atoms with E-state index in [1.807, 2.05) is 31.2 Å². The lowest BCUT2D eigenvalue weighted by Gasteiger charge is -2.12. The highest BCUT2D eigenvalue weighted by Crippen LogP contribution is 2.35. The molecule has 17 heavy (non-hydrogen) atoms. The van der Waals surface area contributed by atoms with Crippen molar-refractivity contribution >= 4 is 54.8 Å². The molecular formula is C12H10Br2ClNS. The second-order valence-corrected chi connectivity index (χ2v) is 7.20. The van der Waals surface area contributed by atoms with Crippen LogP contribution in [-0.4, -0.2) is 0 Å². The van der Waals surface area contributed by atoms with Gasteiger partial charge in [0.2, 0.25) is 0 Å². The summed E-state index contributed by atoms with van der Waals surface area (Å²) in [5.41, 5.74) is 8.40. The standard InChI is InChI=1S/C12H10Br2ClNS/c1-6-4-10(17-12(6)15)11(16)8-3-2-7(13)5-9(8)14/h2-5,11H,16H2,1H3. The SMILES string of the molecule is Cc1cc(C(N)c2ccc(Br)cc2Br)sc1Cl. The van der Waals surface area contributed by atoms with Gasteiger partial charge >= 0.3 is 0 Å². The fraction of sp³-hybridized carbons (Fsp3) is 0.167. The predicted molar refractivity (Wildman–Crippen MR) is 81.9 cm³/mol. The number of aryl methyl sites for hydroxylation is 1. The number of halogens is 3. The molecule has 0 amide bonds. The molecule has 0 radical (unpaired) electrons. The average Bonchev–Trinajstić information content (AvgIpc) is 2.58. The molecule has 0 spiro atoms. The van der Waals surface area contributed by atoms with E-state index in [1.54, 1.807) is 0 Å². The maximum atomic E-state index is 6.26. The molecule has 1 nitrogen and oxygen atoms in total. The van der Waals surface area contributed by atoms with Crippen LogP contribution >= 0.6 is 54.8 Å². The highest BCUT2D eigenvalue weighted by Gasteiger charge is 2.15. The predicted octanol–water partition coefficient (Wildman–Crippen LogP) is 5.28. The molecule has 0 saturated carbocycles. The fourth-order valence-electron chi connectivity index (χ4n) is 1.54. The Bertz CT molecular complexity index is 534. The van der Waals surface area contributed by atoms with E-state index in [1.165, 1.54) is 11.3 Å². The summed E-state index contributed by atoms with van der Waals surface area (Å²) in [7, 11) is 0. The van der Waals surface area contributed by atoms with Crippen LogP contribution in [0.25, 0.3) is 0 Å². The van der Waals surface area contributed by atoms with Gasteiger partial charge in [-0.3, -0.25) is 0 Å². The lowest BCUT2D eigenvalue weighted by molar-refractivity contribution is 0.886. The van der Waals surface area contributed by atoms with Crippen molar-refractivity contribution in [3.8, 4) is 0 Å². The lowest BCUT2D eigenvalue weighted by Crippen LogP contribution is -2.10. The summed E-state index contributed by atoms with van der Waals surface area (Å²) in [4.78, 5) is 1.08. The summed E-state index contributed by atoms with van der Waals surface area (Å²) in [6.45, 7) is 1.99. The molecule has 2 aromatic rings. The summed E-state index contributed by atoms with van der Waals surface area (Å²) in [5.74, 6) is 0. The molecule has 2 rings (SSSR count). The molecule has 1 heterocycles. The molecule has 1 aromatic carbocycles. The molecule has 1 atom stereocenters. The zero-order valence-electron chi connectivity index (χ0n) is 9.01. The molecule has 2 N–H and O–H groups in total. The van der Waals surface area contributed by atoms with Crippen LogP contribution in [0.15, 0.2) is 33.2 Å². The third-order valence-electron chi connectivity index (χ3n) is 2.48. The number of benzene rings is 1. The number of nitrogens with two attached hydrogens (primary N) is 1. The van der Waals surface area contributed by atoms with E-state index in [9.17, 15) is 0 Å². The van der Waals surface area contributed by atoms with Gasteiger partial charge < -0.3 is 5.73 Å². The maximum Gasteiger partial charge on any atom is 0.0961 e. The van der Waals surface area contributed by atoms with Crippen molar-refractivity contribution in [1.82, 2.24) is 0 Å². The Balaban J connectivity index is 2.39. The summed E-state index contributed by atoms with van der Waals surface area (Å²) in [6, 6.07) is 7.90. The highest BCUT2D eigenvalue weighted by molar-refractivity contribution is 9.11. The van der Waals surface area contributed by atoms with E-state index >= 15 is 0 Å². The Hall–Kier alpha value is 0.130. The van der Waals surface area contributed by atoms with Crippen LogP contribution in [0, 0.1) is 6.92 Å². The van der Waals surface area contributed by atoms with E-state index in [4.69, 9.17) is 17.3 Å². The average molecular weight is 396 g/mol.